The van der Waals surface area contributed by atoms with Gasteiger partial charge in [-0.3, -0.25) is 9.88 Å². The molecule has 0 bridgehead atoms. The van der Waals surface area contributed by atoms with Gasteiger partial charge in [0, 0.05) is 38.6 Å². The van der Waals surface area contributed by atoms with Crippen molar-refractivity contribution in [3.05, 3.63) is 68.3 Å². The molecule has 0 atom stereocenters. The highest BCUT2D eigenvalue weighted by molar-refractivity contribution is 7.90. The van der Waals surface area contributed by atoms with Crippen molar-refractivity contribution in [3.8, 4) is 0 Å². The second-order valence-electron chi connectivity index (χ2n) is 10.1. The number of aromatic nitrogens is 5. The summed E-state index contributed by atoms with van der Waals surface area (Å²) in [5, 5.41) is 2.24. The lowest BCUT2D eigenvalue weighted by Crippen LogP contribution is -2.45. The second-order valence-corrected chi connectivity index (χ2v) is 11.8. The Kier molecular flexibility index (Phi) is 10.7. The Balaban J connectivity index is 0.000000248. The molecular weight excluding hydrogens is 580 g/mol. The summed E-state index contributed by atoms with van der Waals surface area (Å²) in [6.07, 6.45) is 5.15. The van der Waals surface area contributed by atoms with Gasteiger partial charge < -0.3 is 9.64 Å². The smallest absolute Gasteiger partial charge is 0.355 e. The Labute approximate surface area is 249 Å². The Morgan fingerprint density at radius 1 is 1.00 bits per heavy atom. The van der Waals surface area contributed by atoms with Crippen LogP contribution in [0.1, 0.15) is 59.9 Å². The fourth-order valence-corrected chi connectivity index (χ4v) is 5.76. The number of urea groups is 1. The van der Waals surface area contributed by atoms with E-state index in [-0.39, 0.29) is 28.1 Å². The van der Waals surface area contributed by atoms with E-state index in [0.29, 0.717) is 17.3 Å². The predicted octanol–water partition coefficient (Wildman–Crippen LogP) is 1.90. The molecule has 0 aliphatic heterocycles. The van der Waals surface area contributed by atoms with Crippen LogP contribution < -0.4 is 26.3 Å². The van der Waals surface area contributed by atoms with Crippen molar-refractivity contribution in [1.29, 1.82) is 0 Å². The topological polar surface area (TPSA) is 187 Å². The average Bonchev–Trinajstić information content (AvgIpc) is 2.94. The number of sulfonamides is 1. The van der Waals surface area contributed by atoms with Gasteiger partial charge in [-0.25, -0.2) is 46.9 Å². The fourth-order valence-electron chi connectivity index (χ4n) is 4.66. The van der Waals surface area contributed by atoms with Gasteiger partial charge in [-0.1, -0.05) is 31.4 Å². The number of nitrogens with zero attached hydrogens (tertiary/aromatic N) is 6. The first-order valence-electron chi connectivity index (χ1n) is 13.5. The van der Waals surface area contributed by atoms with E-state index in [9.17, 15) is 27.6 Å². The molecule has 2 heterocycles. The highest BCUT2D eigenvalue weighted by Gasteiger charge is 2.25. The van der Waals surface area contributed by atoms with E-state index in [1.165, 1.54) is 39.8 Å². The molecule has 1 saturated carbocycles. The molecule has 15 nitrogen and oxygen atoms in total. The number of esters is 1. The van der Waals surface area contributed by atoms with E-state index < -0.39 is 27.7 Å². The molecule has 2 amide bonds. The minimum absolute atomic E-state index is 0.0219. The van der Waals surface area contributed by atoms with Crippen molar-refractivity contribution in [3.63, 3.8) is 0 Å². The molecule has 43 heavy (non-hydrogen) atoms. The van der Waals surface area contributed by atoms with Crippen LogP contribution in [0.2, 0.25) is 0 Å². The van der Waals surface area contributed by atoms with E-state index in [1.807, 2.05) is 4.72 Å². The molecular formula is C27H36N8O7S. The molecule has 16 heteroatoms. The SMILES string of the molecule is CN(C)c1nc(=O)n(C2CCCCC2)c(=O)n1C.COC(=O)c1ccccc1S(=O)(=O)NC(=O)Nc1nc(C)cc(C)n1. The highest BCUT2D eigenvalue weighted by Crippen LogP contribution is 2.25. The summed E-state index contributed by atoms with van der Waals surface area (Å²) < 4.78 is 33.9. The number of anilines is 2. The zero-order valence-electron chi connectivity index (χ0n) is 24.9. The van der Waals surface area contributed by atoms with Crippen molar-refractivity contribution in [2.24, 2.45) is 7.05 Å². The van der Waals surface area contributed by atoms with Crippen LogP contribution in [-0.2, 0) is 21.8 Å². The molecule has 1 fully saturated rings. The molecule has 0 saturated heterocycles. The molecule has 2 aromatic heterocycles. The van der Waals surface area contributed by atoms with Crippen LogP contribution in [0.25, 0.3) is 0 Å². The van der Waals surface area contributed by atoms with Gasteiger partial charge in [0.25, 0.3) is 10.0 Å². The number of carbonyl (C=O) groups is 2. The maximum Gasteiger partial charge on any atom is 0.355 e. The molecule has 1 aromatic carbocycles. The molecule has 1 aliphatic rings. The Morgan fingerprint density at radius 2 is 1.60 bits per heavy atom. The number of amides is 2. The second kappa shape index (κ2) is 14.0. The number of aryl methyl sites for hydroxylation is 2. The third kappa shape index (κ3) is 8.24. The first-order valence-corrected chi connectivity index (χ1v) is 14.9. The van der Waals surface area contributed by atoms with E-state index in [1.54, 1.807) is 46.0 Å². The summed E-state index contributed by atoms with van der Waals surface area (Å²) in [5.41, 5.74) is 0.357. The molecule has 0 spiro atoms. The molecule has 0 radical (unpaired) electrons. The maximum atomic E-state index is 12.4. The third-order valence-corrected chi connectivity index (χ3v) is 7.94. The summed E-state index contributed by atoms with van der Waals surface area (Å²) in [5.74, 6) is -0.470. The lowest BCUT2D eigenvalue weighted by atomic mass is 9.95. The van der Waals surface area contributed by atoms with Crippen molar-refractivity contribution in [2.45, 2.75) is 56.9 Å². The van der Waals surface area contributed by atoms with Gasteiger partial charge in [0.1, 0.15) is 4.90 Å². The van der Waals surface area contributed by atoms with Gasteiger partial charge in [-0.15, -0.1) is 0 Å². The van der Waals surface area contributed by atoms with E-state index in [4.69, 9.17) is 0 Å². The van der Waals surface area contributed by atoms with Gasteiger partial charge in [0.15, 0.2) is 0 Å². The first-order chi connectivity index (χ1) is 20.2. The standard InChI is InChI=1S/C15H16N4O5S.C12H20N4O2/c1-9-8-10(2)17-14(16-9)18-15(21)19-25(22,23)12-7-5-4-6-11(12)13(20)24-3;1-14(2)10-13-11(17)16(12(18)15(10)3)9-7-5-4-6-8-9/h4-8H,1-3H3,(H2,16,17,18,19,21);9H,4-8H2,1-3H3. The van der Waals surface area contributed by atoms with Gasteiger partial charge in [0.05, 0.1) is 12.7 Å². The van der Waals surface area contributed by atoms with Gasteiger partial charge >= 0.3 is 23.4 Å². The lowest BCUT2D eigenvalue weighted by molar-refractivity contribution is 0.0596. The summed E-state index contributed by atoms with van der Waals surface area (Å²) in [6.45, 7) is 3.42. The quantitative estimate of drug-likeness (QED) is 0.385. The van der Waals surface area contributed by atoms with E-state index in [2.05, 4.69) is 25.0 Å². The fraction of sp³-hybridized carbons (Fsp3) is 0.444. The Morgan fingerprint density at radius 3 is 2.19 bits per heavy atom. The largest absolute Gasteiger partial charge is 0.465 e. The van der Waals surface area contributed by atoms with E-state index in [0.717, 1.165) is 32.8 Å². The molecule has 1 aliphatic carbocycles. The number of hydrogen-bond donors (Lipinski definition) is 2. The number of hydrogen-bond acceptors (Lipinski definition) is 11. The molecule has 3 aromatic rings. The minimum Gasteiger partial charge on any atom is -0.465 e. The number of rotatable bonds is 6. The number of carbonyl (C=O) groups excluding carboxylic acids is 2. The predicted molar refractivity (Wildman–Crippen MR) is 159 cm³/mol. The van der Waals surface area contributed by atoms with Gasteiger partial charge in [0.2, 0.25) is 11.9 Å². The maximum absolute atomic E-state index is 12.4. The van der Waals surface area contributed by atoms with Crippen LogP contribution in [0.3, 0.4) is 0 Å². The summed E-state index contributed by atoms with van der Waals surface area (Å²) in [6, 6.07) is 6.05. The number of benzene rings is 1. The third-order valence-electron chi connectivity index (χ3n) is 6.55. The number of nitrogens with one attached hydrogen (secondary N) is 2. The summed E-state index contributed by atoms with van der Waals surface area (Å²) in [4.78, 5) is 61.2. The van der Waals surface area contributed by atoms with Crippen LogP contribution in [0.4, 0.5) is 16.7 Å². The summed E-state index contributed by atoms with van der Waals surface area (Å²) in [7, 11) is 2.02. The Bertz CT molecular complexity index is 1690. The monoisotopic (exact) mass is 616 g/mol. The van der Waals surface area contributed by atoms with Crippen molar-refractivity contribution < 1.29 is 22.7 Å². The first kappa shape index (κ1) is 32.9. The van der Waals surface area contributed by atoms with Crippen LogP contribution in [0, 0.1) is 13.8 Å². The lowest BCUT2D eigenvalue weighted by Gasteiger charge is -2.24. The molecule has 4 rings (SSSR count). The molecule has 2 N–H and O–H groups in total. The van der Waals surface area contributed by atoms with Crippen LogP contribution in [0.5, 0.6) is 0 Å². The number of methoxy groups -OCH3 is 1. The minimum atomic E-state index is -4.30. The van der Waals surface area contributed by atoms with Crippen LogP contribution in [-0.4, -0.2) is 65.7 Å². The van der Waals surface area contributed by atoms with Crippen molar-refractivity contribution in [1.82, 2.24) is 28.8 Å². The van der Waals surface area contributed by atoms with Crippen molar-refractivity contribution in [2.75, 3.05) is 31.4 Å². The van der Waals surface area contributed by atoms with Gasteiger partial charge in [-0.05, 0) is 44.9 Å². The zero-order valence-corrected chi connectivity index (χ0v) is 25.8. The molecule has 0 unspecified atom stereocenters. The van der Waals surface area contributed by atoms with Crippen LogP contribution in [0.15, 0.2) is 44.8 Å². The zero-order chi connectivity index (χ0) is 31.9. The van der Waals surface area contributed by atoms with E-state index >= 15 is 0 Å². The molecule has 232 valence electrons. The van der Waals surface area contributed by atoms with Crippen molar-refractivity contribution >= 4 is 33.9 Å². The normalized spacial score (nSPS) is 13.3. The Hall–Kier alpha value is -4.60. The average molecular weight is 617 g/mol. The highest BCUT2D eigenvalue weighted by atomic mass is 32.2. The van der Waals surface area contributed by atoms with Gasteiger partial charge in [-0.2, -0.15) is 4.98 Å². The number of ether oxygens (including phenoxy) is 1. The van der Waals surface area contributed by atoms with Crippen LogP contribution >= 0.6 is 0 Å². The summed E-state index contributed by atoms with van der Waals surface area (Å²) >= 11 is 0.